The zero-order valence-corrected chi connectivity index (χ0v) is 19.2. The minimum absolute atomic E-state index is 0.214. The summed E-state index contributed by atoms with van der Waals surface area (Å²) in [7, 11) is 0. The molecule has 0 radical (unpaired) electrons. The van der Waals surface area contributed by atoms with E-state index in [1.807, 2.05) is 18.2 Å². The van der Waals surface area contributed by atoms with Crippen LogP contribution in [-0.2, 0) is 5.41 Å². The zero-order chi connectivity index (χ0) is 21.1. The highest BCUT2D eigenvalue weighted by atomic mass is 16.3. The van der Waals surface area contributed by atoms with E-state index >= 15 is 0 Å². The van der Waals surface area contributed by atoms with E-state index in [2.05, 4.69) is 58.0 Å². The van der Waals surface area contributed by atoms with E-state index in [0.29, 0.717) is 11.7 Å². The molecular formula is C28H42O. The lowest BCUT2D eigenvalue weighted by Gasteiger charge is -2.32. The predicted molar refractivity (Wildman–Crippen MR) is 127 cm³/mol. The normalized spacial score (nSPS) is 12.8. The van der Waals surface area contributed by atoms with Crippen molar-refractivity contribution < 1.29 is 5.11 Å². The molecule has 2 rings (SSSR count). The fraction of sp³-hybridized carbons (Fsp3) is 0.571. The minimum atomic E-state index is -0.214. The number of rotatable bonds is 13. The quantitative estimate of drug-likeness (QED) is 0.337. The third-order valence-corrected chi connectivity index (χ3v) is 6.44. The number of phenolic OH excluding ortho intramolecular Hbond substituents is 1. The molecule has 0 aromatic heterocycles. The molecule has 0 aliphatic rings. The van der Waals surface area contributed by atoms with Crippen LogP contribution < -0.4 is 0 Å². The Morgan fingerprint density at radius 3 is 1.93 bits per heavy atom. The van der Waals surface area contributed by atoms with Gasteiger partial charge in [-0.25, -0.2) is 0 Å². The van der Waals surface area contributed by atoms with E-state index in [4.69, 9.17) is 0 Å². The highest BCUT2D eigenvalue weighted by Crippen LogP contribution is 2.41. The van der Waals surface area contributed by atoms with Gasteiger partial charge in [-0.15, -0.1) is 0 Å². The fourth-order valence-electron chi connectivity index (χ4n) is 4.72. The van der Waals surface area contributed by atoms with Gasteiger partial charge in [-0.2, -0.15) is 0 Å². The molecule has 0 heterocycles. The van der Waals surface area contributed by atoms with Crippen LogP contribution in [0.5, 0.6) is 5.75 Å². The lowest BCUT2D eigenvalue weighted by atomic mass is 9.72. The molecule has 160 valence electrons. The number of phenols is 1. The number of hydrogen-bond donors (Lipinski definition) is 1. The molecule has 0 aliphatic heterocycles. The summed E-state index contributed by atoms with van der Waals surface area (Å²) in [6.45, 7) is 9.08. The molecular weight excluding hydrogens is 352 g/mol. The van der Waals surface area contributed by atoms with Crippen molar-refractivity contribution >= 4 is 0 Å². The topological polar surface area (TPSA) is 20.2 Å². The standard InChI is InChI=1S/C28H42O/c1-5-7-8-9-10-11-12-18-23(17-6-2)24-19-13-14-20-25(24)28(3,4)26-21-15-16-22-27(26)29/h13-16,19-23,29H,5-12,17-18H2,1-4H3. The molecule has 1 unspecified atom stereocenters. The predicted octanol–water partition coefficient (Wildman–Crippen LogP) is 8.74. The Balaban J connectivity index is 2.16. The van der Waals surface area contributed by atoms with Crippen molar-refractivity contribution in [3.8, 4) is 5.75 Å². The summed E-state index contributed by atoms with van der Waals surface area (Å²) in [5.74, 6) is 1.00. The summed E-state index contributed by atoms with van der Waals surface area (Å²) in [5.41, 5.74) is 3.64. The van der Waals surface area contributed by atoms with E-state index in [-0.39, 0.29) is 5.41 Å². The van der Waals surface area contributed by atoms with Crippen LogP contribution in [0.2, 0.25) is 0 Å². The van der Waals surface area contributed by atoms with Gasteiger partial charge in [0.15, 0.2) is 0 Å². The van der Waals surface area contributed by atoms with Gasteiger partial charge >= 0.3 is 0 Å². The van der Waals surface area contributed by atoms with Crippen molar-refractivity contribution in [3.63, 3.8) is 0 Å². The number of hydrogen-bond acceptors (Lipinski definition) is 1. The van der Waals surface area contributed by atoms with Gasteiger partial charge in [0.25, 0.3) is 0 Å². The summed E-state index contributed by atoms with van der Waals surface area (Å²) >= 11 is 0. The Bertz CT molecular complexity index is 716. The van der Waals surface area contributed by atoms with Crippen molar-refractivity contribution in [2.75, 3.05) is 0 Å². The Morgan fingerprint density at radius 1 is 0.690 bits per heavy atom. The average molecular weight is 395 g/mol. The maximum absolute atomic E-state index is 10.5. The summed E-state index contributed by atoms with van der Waals surface area (Å²) in [5, 5.41) is 10.5. The lowest BCUT2D eigenvalue weighted by molar-refractivity contribution is 0.450. The molecule has 1 heteroatoms. The van der Waals surface area contributed by atoms with Crippen LogP contribution >= 0.6 is 0 Å². The molecule has 0 saturated carbocycles. The van der Waals surface area contributed by atoms with Crippen LogP contribution in [0.1, 0.15) is 115 Å². The van der Waals surface area contributed by atoms with Gasteiger partial charge in [0, 0.05) is 11.0 Å². The van der Waals surface area contributed by atoms with E-state index in [1.165, 1.54) is 75.3 Å². The lowest BCUT2D eigenvalue weighted by Crippen LogP contribution is -2.22. The molecule has 1 N–H and O–H groups in total. The zero-order valence-electron chi connectivity index (χ0n) is 19.2. The molecule has 0 saturated heterocycles. The first-order valence-corrected chi connectivity index (χ1v) is 11.9. The number of benzene rings is 2. The van der Waals surface area contributed by atoms with E-state index < -0.39 is 0 Å². The third-order valence-electron chi connectivity index (χ3n) is 6.44. The maximum atomic E-state index is 10.5. The highest BCUT2D eigenvalue weighted by Gasteiger charge is 2.29. The molecule has 29 heavy (non-hydrogen) atoms. The average Bonchev–Trinajstić information content (AvgIpc) is 2.72. The summed E-state index contributed by atoms with van der Waals surface area (Å²) < 4.78 is 0. The third kappa shape index (κ3) is 6.63. The van der Waals surface area contributed by atoms with Crippen LogP contribution in [0.15, 0.2) is 48.5 Å². The van der Waals surface area contributed by atoms with Gasteiger partial charge in [0.05, 0.1) is 0 Å². The largest absolute Gasteiger partial charge is 0.508 e. The first-order chi connectivity index (χ1) is 14.0. The molecule has 1 nitrogen and oxygen atoms in total. The van der Waals surface area contributed by atoms with Crippen LogP contribution in [0.25, 0.3) is 0 Å². The van der Waals surface area contributed by atoms with Gasteiger partial charge in [-0.3, -0.25) is 0 Å². The molecule has 2 aromatic rings. The number of aromatic hydroxyl groups is 1. The van der Waals surface area contributed by atoms with Crippen molar-refractivity contribution in [2.45, 2.75) is 103 Å². The second-order valence-electron chi connectivity index (χ2n) is 9.12. The van der Waals surface area contributed by atoms with Gasteiger partial charge in [-0.1, -0.05) is 122 Å². The van der Waals surface area contributed by atoms with E-state index in [9.17, 15) is 5.11 Å². The van der Waals surface area contributed by atoms with Crippen LogP contribution in [0.4, 0.5) is 0 Å². The first-order valence-electron chi connectivity index (χ1n) is 11.9. The summed E-state index contributed by atoms with van der Waals surface area (Å²) in [4.78, 5) is 0. The minimum Gasteiger partial charge on any atom is -0.508 e. The van der Waals surface area contributed by atoms with Crippen molar-refractivity contribution in [1.82, 2.24) is 0 Å². The molecule has 1 atom stereocenters. The molecule has 0 aliphatic carbocycles. The van der Waals surface area contributed by atoms with E-state index in [1.54, 1.807) is 0 Å². The Kier molecular flexibility index (Phi) is 9.78. The molecule has 0 fully saturated rings. The second kappa shape index (κ2) is 12.1. The van der Waals surface area contributed by atoms with Gasteiger partial charge < -0.3 is 5.11 Å². The van der Waals surface area contributed by atoms with E-state index in [0.717, 1.165) is 5.56 Å². The SMILES string of the molecule is CCCCCCCCCC(CCC)c1ccccc1C(C)(C)c1ccccc1O. The first kappa shape index (κ1) is 23.5. The Morgan fingerprint density at radius 2 is 1.28 bits per heavy atom. The highest BCUT2D eigenvalue weighted by molar-refractivity contribution is 5.48. The number of para-hydroxylation sites is 1. The molecule has 0 bridgehead atoms. The Labute approximate surface area is 179 Å². The van der Waals surface area contributed by atoms with Crippen molar-refractivity contribution in [2.24, 2.45) is 0 Å². The van der Waals surface area contributed by atoms with Crippen LogP contribution in [0, 0.1) is 0 Å². The maximum Gasteiger partial charge on any atom is 0.119 e. The summed E-state index contributed by atoms with van der Waals surface area (Å²) in [6.07, 6.45) is 13.3. The van der Waals surface area contributed by atoms with Gasteiger partial charge in [-0.05, 0) is 36.0 Å². The van der Waals surface area contributed by atoms with Crippen molar-refractivity contribution in [3.05, 3.63) is 65.2 Å². The number of unbranched alkanes of at least 4 members (excludes halogenated alkanes) is 6. The van der Waals surface area contributed by atoms with Crippen LogP contribution in [-0.4, -0.2) is 5.11 Å². The molecule has 0 amide bonds. The van der Waals surface area contributed by atoms with Crippen molar-refractivity contribution in [1.29, 1.82) is 0 Å². The Hall–Kier alpha value is -1.76. The summed E-state index contributed by atoms with van der Waals surface area (Å²) in [6, 6.07) is 16.8. The smallest absolute Gasteiger partial charge is 0.119 e. The second-order valence-corrected chi connectivity index (χ2v) is 9.12. The fourth-order valence-corrected chi connectivity index (χ4v) is 4.72. The molecule has 0 spiro atoms. The van der Waals surface area contributed by atoms with Crippen LogP contribution in [0.3, 0.4) is 0 Å². The monoisotopic (exact) mass is 394 g/mol. The molecule has 2 aromatic carbocycles. The van der Waals surface area contributed by atoms with Gasteiger partial charge in [0.2, 0.25) is 0 Å². The van der Waals surface area contributed by atoms with Gasteiger partial charge in [0.1, 0.15) is 5.75 Å².